The number of carboxylic acid groups (broad SMARTS) is 1. The number of hydrogen-bond acceptors (Lipinski definition) is 4. The van der Waals surface area contributed by atoms with Crippen LogP contribution in [0.4, 0.5) is 16.2 Å². The second-order valence-corrected chi connectivity index (χ2v) is 8.16. The Kier molecular flexibility index (Phi) is 7.55. The molecule has 2 amide bonds. The zero-order valence-corrected chi connectivity index (χ0v) is 18.8. The number of urea groups is 1. The van der Waals surface area contributed by atoms with Gasteiger partial charge in [0.2, 0.25) is 0 Å². The second kappa shape index (κ2) is 11.1. The van der Waals surface area contributed by atoms with Crippen LogP contribution in [0.15, 0.2) is 84.0 Å². The molecule has 0 bridgehead atoms. The molecule has 4 rings (SSSR count). The molecular weight excluding hydrogens is 430 g/mol. The molecule has 1 aliphatic rings. The number of anilines is 2. The van der Waals surface area contributed by atoms with Gasteiger partial charge in [0.25, 0.3) is 0 Å². The maximum atomic E-state index is 13.0. The predicted octanol–water partition coefficient (Wildman–Crippen LogP) is 5.18. The Morgan fingerprint density at radius 3 is 2.32 bits per heavy atom. The molecule has 1 unspecified atom stereocenters. The highest BCUT2D eigenvalue weighted by Gasteiger charge is 2.21. The standard InChI is InChI=1S/C27H27N3O4/c31-26(32)19-34-25-13-7-8-21-18-20(14-15-24(21)25)16-17-28-29-27(33)30(22-9-3-1-4-10-22)23-11-5-2-6-12-23/h1-13,17,20H,14-16,18-19H2,(H,29,33)(H,31,32). The average Bonchev–Trinajstić information content (AvgIpc) is 2.86. The summed E-state index contributed by atoms with van der Waals surface area (Å²) < 4.78 is 5.44. The van der Waals surface area contributed by atoms with Gasteiger partial charge in [-0.1, -0.05) is 48.5 Å². The van der Waals surface area contributed by atoms with Crippen LogP contribution in [0.5, 0.6) is 5.75 Å². The summed E-state index contributed by atoms with van der Waals surface area (Å²) in [6.07, 6.45) is 5.12. The molecule has 3 aromatic carbocycles. The summed E-state index contributed by atoms with van der Waals surface area (Å²) in [5.41, 5.74) is 6.43. The van der Waals surface area contributed by atoms with Gasteiger partial charge < -0.3 is 9.84 Å². The van der Waals surface area contributed by atoms with Crippen LogP contribution in [0.25, 0.3) is 0 Å². The lowest BCUT2D eigenvalue weighted by molar-refractivity contribution is -0.139. The molecule has 0 heterocycles. The molecule has 1 aliphatic carbocycles. The lowest BCUT2D eigenvalue weighted by atomic mass is 9.82. The molecule has 0 fully saturated rings. The van der Waals surface area contributed by atoms with E-state index in [0.29, 0.717) is 11.7 Å². The smallest absolute Gasteiger partial charge is 0.346 e. The van der Waals surface area contributed by atoms with Gasteiger partial charge in [-0.05, 0) is 73.1 Å². The normalized spacial score (nSPS) is 14.9. The van der Waals surface area contributed by atoms with Crippen LogP contribution >= 0.6 is 0 Å². The Hall–Kier alpha value is -4.13. The SMILES string of the molecule is O=C(O)COc1cccc2c1CCC(CC=NNC(=O)N(c1ccccc1)c1ccccc1)C2. The van der Waals surface area contributed by atoms with Gasteiger partial charge in [-0.3, -0.25) is 4.90 Å². The van der Waals surface area contributed by atoms with Crippen molar-refractivity contribution < 1.29 is 19.4 Å². The van der Waals surface area contributed by atoms with E-state index in [1.54, 1.807) is 11.1 Å². The van der Waals surface area contributed by atoms with Gasteiger partial charge in [0.05, 0.1) is 11.4 Å². The number of hydrogen-bond donors (Lipinski definition) is 2. The highest BCUT2D eigenvalue weighted by atomic mass is 16.5. The molecule has 1 atom stereocenters. The first kappa shape index (κ1) is 23.0. The Morgan fingerprint density at radius 2 is 1.68 bits per heavy atom. The fraction of sp³-hybridized carbons (Fsp3) is 0.222. The van der Waals surface area contributed by atoms with Crippen molar-refractivity contribution in [3.05, 3.63) is 90.0 Å². The summed E-state index contributed by atoms with van der Waals surface area (Å²) in [5, 5.41) is 13.1. The number of amides is 2. The van der Waals surface area contributed by atoms with Crippen molar-refractivity contribution in [3.63, 3.8) is 0 Å². The molecule has 0 spiro atoms. The predicted molar refractivity (Wildman–Crippen MR) is 132 cm³/mol. The zero-order chi connectivity index (χ0) is 23.8. The number of aliphatic carboxylic acids is 1. The second-order valence-electron chi connectivity index (χ2n) is 8.16. The molecular formula is C27H27N3O4. The van der Waals surface area contributed by atoms with Crippen LogP contribution < -0.4 is 15.1 Å². The van der Waals surface area contributed by atoms with E-state index in [-0.39, 0.29) is 12.6 Å². The monoisotopic (exact) mass is 457 g/mol. The number of para-hydroxylation sites is 2. The Bertz CT molecular complexity index is 1110. The third-order valence-corrected chi connectivity index (χ3v) is 5.81. The summed E-state index contributed by atoms with van der Waals surface area (Å²) in [5.74, 6) is 0.0612. The van der Waals surface area contributed by atoms with Crippen molar-refractivity contribution in [2.75, 3.05) is 11.5 Å². The number of hydrazone groups is 1. The van der Waals surface area contributed by atoms with E-state index in [1.807, 2.05) is 72.8 Å². The first-order valence-electron chi connectivity index (χ1n) is 11.3. The number of nitrogens with one attached hydrogen (secondary N) is 1. The van der Waals surface area contributed by atoms with Crippen molar-refractivity contribution in [2.24, 2.45) is 11.0 Å². The van der Waals surface area contributed by atoms with Gasteiger partial charge in [-0.15, -0.1) is 0 Å². The minimum atomic E-state index is -0.984. The van der Waals surface area contributed by atoms with Crippen molar-refractivity contribution >= 4 is 29.6 Å². The topological polar surface area (TPSA) is 91.2 Å². The van der Waals surface area contributed by atoms with E-state index >= 15 is 0 Å². The maximum absolute atomic E-state index is 13.0. The fourth-order valence-electron chi connectivity index (χ4n) is 4.21. The number of carboxylic acids is 1. The van der Waals surface area contributed by atoms with Gasteiger partial charge in [0.15, 0.2) is 6.61 Å². The lowest BCUT2D eigenvalue weighted by Crippen LogP contribution is -2.34. The van der Waals surface area contributed by atoms with Crippen molar-refractivity contribution in [3.8, 4) is 5.75 Å². The number of ether oxygens (including phenoxy) is 1. The largest absolute Gasteiger partial charge is 0.482 e. The molecule has 0 aromatic heterocycles. The fourth-order valence-corrected chi connectivity index (χ4v) is 4.21. The van der Waals surface area contributed by atoms with Gasteiger partial charge in [0, 0.05) is 6.21 Å². The van der Waals surface area contributed by atoms with Gasteiger partial charge in [-0.2, -0.15) is 5.10 Å². The summed E-state index contributed by atoms with van der Waals surface area (Å²) in [7, 11) is 0. The third-order valence-electron chi connectivity index (χ3n) is 5.81. The van der Waals surface area contributed by atoms with E-state index in [1.165, 1.54) is 5.56 Å². The third kappa shape index (κ3) is 5.81. The summed E-state index contributed by atoms with van der Waals surface area (Å²) >= 11 is 0. The number of fused-ring (bicyclic) bond motifs is 1. The average molecular weight is 458 g/mol. The van der Waals surface area contributed by atoms with Crippen LogP contribution in [0.1, 0.15) is 24.0 Å². The highest BCUT2D eigenvalue weighted by Crippen LogP contribution is 2.33. The minimum Gasteiger partial charge on any atom is -0.482 e. The molecule has 0 saturated heterocycles. The molecule has 0 saturated carbocycles. The molecule has 2 N–H and O–H groups in total. The van der Waals surface area contributed by atoms with Crippen molar-refractivity contribution in [1.29, 1.82) is 0 Å². The number of carbonyl (C=O) groups excluding carboxylic acids is 1. The molecule has 7 heteroatoms. The zero-order valence-electron chi connectivity index (χ0n) is 18.8. The van der Waals surface area contributed by atoms with E-state index in [2.05, 4.69) is 16.6 Å². The molecule has 0 radical (unpaired) electrons. The number of rotatable bonds is 8. The number of nitrogens with zero attached hydrogens (tertiary/aromatic N) is 2. The first-order chi connectivity index (χ1) is 16.6. The Morgan fingerprint density at radius 1 is 1.00 bits per heavy atom. The van der Waals surface area contributed by atoms with Crippen LogP contribution in [-0.2, 0) is 17.6 Å². The molecule has 0 aliphatic heterocycles. The first-order valence-corrected chi connectivity index (χ1v) is 11.3. The van der Waals surface area contributed by atoms with E-state index in [9.17, 15) is 9.59 Å². The van der Waals surface area contributed by atoms with Gasteiger partial charge >= 0.3 is 12.0 Å². The van der Waals surface area contributed by atoms with Gasteiger partial charge in [0.1, 0.15) is 5.75 Å². The number of benzene rings is 3. The molecule has 34 heavy (non-hydrogen) atoms. The van der Waals surface area contributed by atoms with Crippen molar-refractivity contribution in [2.45, 2.75) is 25.7 Å². The van der Waals surface area contributed by atoms with Crippen LogP contribution in [0.2, 0.25) is 0 Å². The van der Waals surface area contributed by atoms with E-state index in [4.69, 9.17) is 9.84 Å². The number of carbonyl (C=O) groups is 2. The molecule has 174 valence electrons. The van der Waals surface area contributed by atoms with E-state index < -0.39 is 5.97 Å². The van der Waals surface area contributed by atoms with Crippen LogP contribution in [0.3, 0.4) is 0 Å². The summed E-state index contributed by atoms with van der Waals surface area (Å²) in [6, 6.07) is 24.3. The summed E-state index contributed by atoms with van der Waals surface area (Å²) in [6.45, 7) is -0.338. The lowest BCUT2D eigenvalue weighted by Gasteiger charge is -2.25. The highest BCUT2D eigenvalue weighted by molar-refractivity contribution is 5.99. The van der Waals surface area contributed by atoms with E-state index in [0.717, 1.165) is 42.6 Å². The Labute approximate surface area is 198 Å². The Balaban J connectivity index is 1.36. The van der Waals surface area contributed by atoms with Crippen molar-refractivity contribution in [1.82, 2.24) is 5.43 Å². The quantitative estimate of drug-likeness (QED) is 0.360. The van der Waals surface area contributed by atoms with Crippen LogP contribution in [0, 0.1) is 5.92 Å². The molecule has 3 aromatic rings. The summed E-state index contributed by atoms with van der Waals surface area (Å²) in [4.78, 5) is 25.4. The minimum absolute atomic E-state index is 0.331. The van der Waals surface area contributed by atoms with Crippen LogP contribution in [-0.4, -0.2) is 29.9 Å². The van der Waals surface area contributed by atoms with Gasteiger partial charge in [-0.25, -0.2) is 15.0 Å². The molecule has 7 nitrogen and oxygen atoms in total. The maximum Gasteiger partial charge on any atom is 0.346 e.